The van der Waals surface area contributed by atoms with E-state index in [4.69, 9.17) is 10.8 Å². The minimum Gasteiger partial charge on any atom is -0.465 e. The number of amides is 5. The van der Waals surface area contributed by atoms with Gasteiger partial charge in [-0.15, -0.1) is 5.10 Å². The van der Waals surface area contributed by atoms with Crippen LogP contribution in [0, 0.1) is 5.92 Å². The fourth-order valence-electron chi connectivity index (χ4n) is 7.31. The Morgan fingerprint density at radius 2 is 1.76 bits per heavy atom. The number of rotatable bonds is 16. The van der Waals surface area contributed by atoms with Crippen LogP contribution in [0.5, 0.6) is 0 Å². The molecule has 18 heteroatoms. The zero-order valence-corrected chi connectivity index (χ0v) is 30.4. The van der Waals surface area contributed by atoms with Crippen LogP contribution < -0.4 is 21.7 Å². The van der Waals surface area contributed by atoms with Gasteiger partial charge in [-0.05, 0) is 63.6 Å². The van der Waals surface area contributed by atoms with Crippen LogP contribution in [0.25, 0.3) is 10.9 Å². The van der Waals surface area contributed by atoms with Crippen LogP contribution in [0.1, 0.15) is 100 Å². The lowest BCUT2D eigenvalue weighted by Crippen LogP contribution is -2.56. The number of carboxylic acid groups (broad SMARTS) is 1. The van der Waals surface area contributed by atoms with Crippen LogP contribution in [-0.2, 0) is 24.8 Å². The Hall–Kier alpha value is -5.52. The maximum atomic E-state index is 14.7. The number of fused-ring (bicyclic) bond motifs is 1. The summed E-state index contributed by atoms with van der Waals surface area (Å²) in [4.78, 5) is 88.2. The first-order valence-electron chi connectivity index (χ1n) is 18.3. The highest BCUT2D eigenvalue weighted by Crippen LogP contribution is 2.33. The van der Waals surface area contributed by atoms with Crippen molar-refractivity contribution in [3.05, 3.63) is 48.2 Å². The number of aromatic nitrogens is 5. The second-order valence-corrected chi connectivity index (χ2v) is 14.6. The number of likely N-dealkylation sites (tertiary alicyclic amines) is 1. The third kappa shape index (κ3) is 9.91. The molecule has 1 saturated heterocycles. The fourth-order valence-corrected chi connectivity index (χ4v) is 7.31. The molecule has 290 valence electrons. The molecule has 1 aliphatic heterocycles. The van der Waals surface area contributed by atoms with Gasteiger partial charge in [0, 0.05) is 37.3 Å². The SMILES string of the molecule is CC(C)(O)c1cnnn1[C@H]1C[C@@H](C(=O)NC(CCCCNC(=O)O)C(=O)C(N)=O)N(C(=O)C(CC2CCCCC2)NC(=O)c2ccc3cnccc3n2)C1. The lowest BCUT2D eigenvalue weighted by Gasteiger charge is -2.32. The molecular weight excluding hydrogens is 700 g/mol. The van der Waals surface area contributed by atoms with Gasteiger partial charge in [-0.1, -0.05) is 37.3 Å². The summed E-state index contributed by atoms with van der Waals surface area (Å²) in [6.07, 6.45) is 9.10. The Labute approximate surface area is 311 Å². The first kappa shape index (κ1) is 39.7. The van der Waals surface area contributed by atoms with Crippen LogP contribution >= 0.6 is 0 Å². The predicted octanol–water partition coefficient (Wildman–Crippen LogP) is 1.34. The maximum Gasteiger partial charge on any atom is 0.404 e. The molecule has 1 saturated carbocycles. The number of nitrogens with zero attached hydrogens (tertiary/aromatic N) is 6. The van der Waals surface area contributed by atoms with Crippen molar-refractivity contribution in [3.63, 3.8) is 0 Å². The summed E-state index contributed by atoms with van der Waals surface area (Å²) in [5.74, 6) is -3.98. The van der Waals surface area contributed by atoms with Gasteiger partial charge in [0.2, 0.25) is 17.6 Å². The van der Waals surface area contributed by atoms with Gasteiger partial charge in [-0.3, -0.25) is 29.0 Å². The first-order valence-corrected chi connectivity index (χ1v) is 18.3. The third-order valence-corrected chi connectivity index (χ3v) is 10.1. The average molecular weight is 749 g/mol. The average Bonchev–Trinajstić information content (AvgIpc) is 3.82. The molecule has 54 heavy (non-hydrogen) atoms. The molecule has 3 aromatic heterocycles. The molecule has 0 aromatic carbocycles. The van der Waals surface area contributed by atoms with Gasteiger partial charge in [-0.25, -0.2) is 14.5 Å². The number of aliphatic hydroxyl groups is 1. The largest absolute Gasteiger partial charge is 0.465 e. The molecule has 1 aliphatic carbocycles. The van der Waals surface area contributed by atoms with E-state index in [0.29, 0.717) is 24.1 Å². The van der Waals surface area contributed by atoms with E-state index in [9.17, 15) is 33.9 Å². The highest BCUT2D eigenvalue weighted by Gasteiger charge is 2.45. The monoisotopic (exact) mass is 748 g/mol. The number of hydrogen-bond donors (Lipinski definition) is 6. The van der Waals surface area contributed by atoms with Crippen molar-refractivity contribution in [3.8, 4) is 0 Å². The topological polar surface area (TPSA) is 265 Å². The van der Waals surface area contributed by atoms with Gasteiger partial charge in [0.05, 0.1) is 29.5 Å². The Bertz CT molecular complexity index is 1850. The molecule has 5 amide bonds. The second-order valence-electron chi connectivity index (χ2n) is 14.6. The number of pyridine rings is 2. The molecule has 4 atom stereocenters. The molecule has 18 nitrogen and oxygen atoms in total. The van der Waals surface area contributed by atoms with E-state index in [-0.39, 0.29) is 44.0 Å². The second kappa shape index (κ2) is 17.5. The molecule has 0 spiro atoms. The molecule has 4 heterocycles. The molecular formula is C36H48N10O8. The smallest absolute Gasteiger partial charge is 0.404 e. The Morgan fingerprint density at radius 3 is 2.46 bits per heavy atom. The normalized spacial score (nSPS) is 18.8. The van der Waals surface area contributed by atoms with Crippen LogP contribution in [-0.4, -0.2) is 107 Å². The van der Waals surface area contributed by atoms with Crippen molar-refractivity contribution < 1.29 is 39.0 Å². The van der Waals surface area contributed by atoms with Gasteiger partial charge in [-0.2, -0.15) is 0 Å². The minimum atomic E-state index is -1.37. The number of hydrogen-bond acceptors (Lipinski definition) is 11. The van der Waals surface area contributed by atoms with E-state index in [2.05, 4.69) is 36.2 Å². The number of ketones is 1. The van der Waals surface area contributed by atoms with Crippen LogP contribution in [0.15, 0.2) is 36.8 Å². The van der Waals surface area contributed by atoms with E-state index >= 15 is 0 Å². The fraction of sp³-hybridized carbons (Fsp3) is 0.556. The van der Waals surface area contributed by atoms with Gasteiger partial charge in [0.25, 0.3) is 11.8 Å². The van der Waals surface area contributed by atoms with Gasteiger partial charge in [0.1, 0.15) is 23.4 Å². The van der Waals surface area contributed by atoms with E-state index < -0.39 is 65.3 Å². The number of carbonyl (C=O) groups excluding carboxylic acids is 5. The van der Waals surface area contributed by atoms with E-state index in [1.165, 1.54) is 15.8 Å². The summed E-state index contributed by atoms with van der Waals surface area (Å²) in [5.41, 5.74) is 4.97. The van der Waals surface area contributed by atoms with Crippen LogP contribution in [0.4, 0.5) is 4.79 Å². The van der Waals surface area contributed by atoms with Gasteiger partial charge >= 0.3 is 6.09 Å². The molecule has 0 bridgehead atoms. The Kier molecular flexibility index (Phi) is 12.9. The summed E-state index contributed by atoms with van der Waals surface area (Å²) in [6.45, 7) is 3.17. The number of Topliss-reactive ketones (excluding diaryl/α,β-unsaturated/α-hetero) is 1. The lowest BCUT2D eigenvalue weighted by atomic mass is 9.84. The van der Waals surface area contributed by atoms with Crippen molar-refractivity contribution in [2.45, 2.75) is 108 Å². The van der Waals surface area contributed by atoms with E-state index in [0.717, 1.165) is 37.5 Å². The number of primary amides is 1. The van der Waals surface area contributed by atoms with Crippen molar-refractivity contribution in [2.24, 2.45) is 11.7 Å². The van der Waals surface area contributed by atoms with Gasteiger partial charge < -0.3 is 36.8 Å². The zero-order chi connectivity index (χ0) is 39.0. The molecule has 2 aliphatic rings. The summed E-state index contributed by atoms with van der Waals surface area (Å²) in [7, 11) is 0. The lowest BCUT2D eigenvalue weighted by molar-refractivity contribution is -0.142. The Morgan fingerprint density at radius 1 is 1.00 bits per heavy atom. The molecule has 0 radical (unpaired) electrons. The summed E-state index contributed by atoms with van der Waals surface area (Å²) in [5, 5.41) is 36.4. The number of nitrogens with two attached hydrogens (primary N) is 1. The highest BCUT2D eigenvalue weighted by atomic mass is 16.4. The molecule has 7 N–H and O–H groups in total. The molecule has 5 rings (SSSR count). The maximum absolute atomic E-state index is 14.7. The first-order chi connectivity index (χ1) is 25.7. The number of unbranched alkanes of at least 4 members (excludes halogenated alkanes) is 1. The van der Waals surface area contributed by atoms with E-state index in [1.54, 1.807) is 44.4 Å². The van der Waals surface area contributed by atoms with Gasteiger partial charge in [0.15, 0.2) is 0 Å². The van der Waals surface area contributed by atoms with Crippen molar-refractivity contribution >= 4 is 46.4 Å². The quantitative estimate of drug-likeness (QED) is 0.0896. The van der Waals surface area contributed by atoms with Crippen LogP contribution in [0.2, 0.25) is 0 Å². The summed E-state index contributed by atoms with van der Waals surface area (Å²) >= 11 is 0. The zero-order valence-electron chi connectivity index (χ0n) is 30.4. The highest BCUT2D eigenvalue weighted by molar-refractivity contribution is 6.37. The Balaban J connectivity index is 1.44. The molecule has 2 fully saturated rings. The predicted molar refractivity (Wildman–Crippen MR) is 192 cm³/mol. The number of nitrogens with one attached hydrogen (secondary N) is 3. The standard InChI is InChI=1S/C36H48N10O8/c1-36(2,54)29-19-40-44-46(29)23-17-28(33(50)42-25(30(47)31(37)48)10-6-7-14-39-35(52)53)45(20-23)34(51)27(16-21-8-4-3-5-9-21)43-32(49)26-12-11-22-18-38-15-13-24(22)41-26/h11-13,15,18-19,21,23,25,27-28,39,54H,3-10,14,16-17,20H2,1-2H3,(H2,37,48)(H,42,50)(H,43,49)(H,52,53)/t23-,25?,27?,28-/m0/s1. The number of carbonyl (C=O) groups is 6. The third-order valence-electron chi connectivity index (χ3n) is 10.1. The molecule has 3 aromatic rings. The van der Waals surface area contributed by atoms with Crippen molar-refractivity contribution in [1.29, 1.82) is 0 Å². The van der Waals surface area contributed by atoms with Crippen molar-refractivity contribution in [1.82, 2.24) is 45.8 Å². The van der Waals surface area contributed by atoms with Crippen LogP contribution in [0.3, 0.4) is 0 Å². The summed E-state index contributed by atoms with van der Waals surface area (Å²) < 4.78 is 1.47. The van der Waals surface area contributed by atoms with E-state index in [1.807, 2.05) is 0 Å². The molecule has 2 unspecified atom stereocenters. The summed E-state index contributed by atoms with van der Waals surface area (Å²) in [6, 6.07) is 0.760. The minimum absolute atomic E-state index is 0.00832. The van der Waals surface area contributed by atoms with Crippen molar-refractivity contribution in [2.75, 3.05) is 13.1 Å².